The van der Waals surface area contributed by atoms with Crippen LogP contribution in [0.4, 0.5) is 28.4 Å². The molecule has 1 unspecified atom stereocenters. The number of nitrogens with two attached hydrogens (primary N) is 1. The van der Waals surface area contributed by atoms with E-state index in [2.05, 4.69) is 28.8 Å². The number of phenolic OH excluding ortho intramolecular Hbond substituents is 1. The molecule has 4 aromatic rings. The fraction of sp³-hybridized carbons (Fsp3) is 0.185. The van der Waals surface area contributed by atoms with Crippen molar-refractivity contribution < 1.29 is 73.4 Å². The molecule has 1 atom stereocenters. The Labute approximate surface area is 315 Å². The second-order valence-electron chi connectivity index (χ2n) is 10.8. The van der Waals surface area contributed by atoms with E-state index in [1.165, 1.54) is 0 Å². The van der Waals surface area contributed by atoms with Crippen molar-refractivity contribution in [1.29, 1.82) is 0 Å². The molecular weight excluding hydrogens is 859 g/mol. The van der Waals surface area contributed by atoms with Crippen molar-refractivity contribution in [2.45, 2.75) is 19.6 Å². The van der Waals surface area contributed by atoms with Gasteiger partial charge in [-0.3, -0.25) is 17.5 Å². The highest BCUT2D eigenvalue weighted by atomic mass is 32.3. The van der Waals surface area contributed by atoms with E-state index in [9.17, 15) is 60.5 Å². The molecule has 0 radical (unpaired) electrons. The molecule has 0 aliphatic carbocycles. The molecule has 0 saturated carbocycles. The zero-order valence-electron chi connectivity index (χ0n) is 27.5. The molecule has 55 heavy (non-hydrogen) atoms. The van der Waals surface area contributed by atoms with Gasteiger partial charge in [0.25, 0.3) is 20.2 Å². The summed E-state index contributed by atoms with van der Waals surface area (Å²) in [4.78, 5) is -2.26. The highest BCUT2D eigenvalue weighted by Crippen LogP contribution is 2.48. The molecule has 28 heteroatoms. The van der Waals surface area contributed by atoms with Crippen molar-refractivity contribution >= 4 is 101 Å². The minimum absolute atomic E-state index is 0.0758. The summed E-state index contributed by atoms with van der Waals surface area (Å²) in [7, 11) is -22.1. The molecular formula is C27H26N5O17S6-. The SMILES string of the molecule is CS(=O)(=O)OCCS(=O)(=O)c1ccc(N=Nc2c(S(=O)(=O)O)cc3cc(S(=O)[O-])c(N=Nc4ccc(S(=O)(=O)CCOS(=O)(=O)O)cc4)c(O)c3c2N)cc1. The summed E-state index contributed by atoms with van der Waals surface area (Å²) >= 11 is -3.16. The molecule has 0 heterocycles. The zero-order valence-corrected chi connectivity index (χ0v) is 32.4. The maximum absolute atomic E-state index is 12.5. The van der Waals surface area contributed by atoms with Crippen molar-refractivity contribution in [3.8, 4) is 5.75 Å². The second-order valence-corrected chi connectivity index (χ2v) is 20.1. The summed E-state index contributed by atoms with van der Waals surface area (Å²) in [6.45, 7) is -1.53. The lowest BCUT2D eigenvalue weighted by Gasteiger charge is -2.16. The number of sulfone groups is 2. The normalized spacial score (nSPS) is 13.9. The number of phenols is 1. The maximum Gasteiger partial charge on any atom is 0.397 e. The Balaban J connectivity index is 1.72. The number of azo groups is 2. The van der Waals surface area contributed by atoms with Crippen LogP contribution in [0, 0.1) is 0 Å². The van der Waals surface area contributed by atoms with Crippen LogP contribution in [0.1, 0.15) is 0 Å². The third-order valence-corrected chi connectivity index (χ3v) is 12.9. The Morgan fingerprint density at radius 3 is 1.58 bits per heavy atom. The van der Waals surface area contributed by atoms with Gasteiger partial charge in [-0.15, -0.1) is 10.2 Å². The first-order valence-corrected chi connectivity index (χ1v) is 23.4. The first-order chi connectivity index (χ1) is 25.3. The van der Waals surface area contributed by atoms with E-state index < -0.39 is 124 Å². The van der Waals surface area contributed by atoms with E-state index >= 15 is 0 Å². The number of hydrogen-bond acceptors (Lipinski definition) is 20. The maximum atomic E-state index is 12.5. The molecule has 4 aromatic carbocycles. The molecule has 0 aromatic heterocycles. The van der Waals surface area contributed by atoms with Crippen molar-refractivity contribution in [3.05, 3.63) is 60.7 Å². The van der Waals surface area contributed by atoms with Crippen LogP contribution in [0.2, 0.25) is 0 Å². The van der Waals surface area contributed by atoms with Gasteiger partial charge in [-0.05, 0) is 77.1 Å². The fourth-order valence-electron chi connectivity index (χ4n) is 4.47. The molecule has 0 bridgehead atoms. The van der Waals surface area contributed by atoms with Crippen molar-refractivity contribution in [3.63, 3.8) is 0 Å². The topological polar surface area (TPSA) is 365 Å². The van der Waals surface area contributed by atoms with Crippen LogP contribution >= 0.6 is 0 Å². The third-order valence-electron chi connectivity index (χ3n) is 6.93. The lowest BCUT2D eigenvalue weighted by Crippen LogP contribution is -2.15. The molecule has 298 valence electrons. The van der Waals surface area contributed by atoms with Crippen LogP contribution in [-0.4, -0.2) is 96.0 Å². The number of fused-ring (bicyclic) bond motifs is 1. The van der Waals surface area contributed by atoms with E-state index in [1.54, 1.807) is 0 Å². The summed E-state index contributed by atoms with van der Waals surface area (Å²) in [5.41, 5.74) is 3.93. The average Bonchev–Trinajstić information content (AvgIpc) is 3.05. The number of anilines is 1. The Hall–Kier alpha value is -4.36. The van der Waals surface area contributed by atoms with E-state index in [4.69, 9.17) is 10.3 Å². The van der Waals surface area contributed by atoms with Gasteiger partial charge in [0.1, 0.15) is 16.3 Å². The van der Waals surface area contributed by atoms with E-state index in [1.807, 2.05) is 0 Å². The van der Waals surface area contributed by atoms with Crippen molar-refractivity contribution in [2.75, 3.05) is 36.7 Å². The van der Waals surface area contributed by atoms with Crippen LogP contribution in [0.15, 0.2) is 101 Å². The third kappa shape index (κ3) is 11.3. The molecule has 0 amide bonds. The first-order valence-electron chi connectivity index (χ1n) is 14.4. The number of nitrogen functional groups attached to an aromatic ring is 1. The molecule has 4 rings (SSSR count). The summed E-state index contributed by atoms with van der Waals surface area (Å²) in [5.74, 6) is -2.47. The minimum Gasteiger partial charge on any atom is -0.768 e. The Morgan fingerprint density at radius 2 is 1.16 bits per heavy atom. The minimum atomic E-state index is -5.16. The lowest BCUT2D eigenvalue weighted by molar-refractivity contribution is 0.284. The smallest absolute Gasteiger partial charge is 0.397 e. The standard InChI is InChI=1S/C27H27N5O17S6/c1-51(36,37)48-10-12-52(38,39)19-8-4-18(5-9-19)30-32-26-22(54(42,43)44)15-16-14-21(50(34)35)25(27(33)23(16)24(26)28)31-29-17-2-6-20(7-3-17)53(40,41)13-11-49-55(45,46)47/h2-9,14-15,33H,10-13,28H2,1H3,(H,34,35)(H,42,43,44)(H,45,46,47)/p-1. The van der Waals surface area contributed by atoms with Gasteiger partial charge in [0.2, 0.25) is 0 Å². The van der Waals surface area contributed by atoms with E-state index in [-0.39, 0.29) is 26.6 Å². The van der Waals surface area contributed by atoms with Gasteiger partial charge in [0.05, 0.1) is 68.1 Å². The summed E-state index contributed by atoms with van der Waals surface area (Å²) in [6, 6.07) is 10.4. The van der Waals surface area contributed by atoms with Gasteiger partial charge in [-0.1, -0.05) is 0 Å². The lowest BCUT2D eigenvalue weighted by atomic mass is 10.1. The number of nitrogens with zero attached hydrogens (tertiary/aromatic N) is 4. The van der Waals surface area contributed by atoms with Crippen molar-refractivity contribution in [2.24, 2.45) is 20.5 Å². The number of rotatable bonds is 16. The summed E-state index contributed by atoms with van der Waals surface area (Å²) < 4.78 is 170. The Morgan fingerprint density at radius 1 is 0.709 bits per heavy atom. The number of aromatic hydroxyl groups is 1. The fourth-order valence-corrected chi connectivity index (χ4v) is 8.73. The quantitative estimate of drug-likeness (QED) is 0.0413. The van der Waals surface area contributed by atoms with Crippen LogP contribution in [0.3, 0.4) is 0 Å². The van der Waals surface area contributed by atoms with Gasteiger partial charge in [0, 0.05) is 0 Å². The molecule has 0 aliphatic rings. The van der Waals surface area contributed by atoms with Gasteiger partial charge < -0.3 is 15.4 Å². The number of hydrogen-bond donors (Lipinski definition) is 4. The first kappa shape index (κ1) is 43.4. The largest absolute Gasteiger partial charge is 0.768 e. The van der Waals surface area contributed by atoms with Gasteiger partial charge in [-0.2, -0.15) is 35.5 Å². The second kappa shape index (κ2) is 16.4. The molecule has 0 aliphatic heterocycles. The van der Waals surface area contributed by atoms with Gasteiger partial charge >= 0.3 is 10.4 Å². The molecule has 22 nitrogen and oxygen atoms in total. The summed E-state index contributed by atoms with van der Waals surface area (Å²) in [5, 5.41) is 25.6. The highest BCUT2D eigenvalue weighted by molar-refractivity contribution is 7.91. The van der Waals surface area contributed by atoms with Crippen LogP contribution < -0.4 is 5.73 Å². The highest BCUT2D eigenvalue weighted by Gasteiger charge is 2.25. The van der Waals surface area contributed by atoms with Crippen molar-refractivity contribution in [1.82, 2.24) is 0 Å². The predicted molar refractivity (Wildman–Crippen MR) is 191 cm³/mol. The molecule has 0 saturated heterocycles. The van der Waals surface area contributed by atoms with Gasteiger partial charge in [0.15, 0.2) is 25.4 Å². The summed E-state index contributed by atoms with van der Waals surface area (Å²) in [6.07, 6.45) is 0.747. The van der Waals surface area contributed by atoms with E-state index in [0.29, 0.717) is 0 Å². The average molecular weight is 885 g/mol. The molecule has 0 fully saturated rings. The van der Waals surface area contributed by atoms with E-state index in [0.717, 1.165) is 66.9 Å². The number of benzene rings is 4. The predicted octanol–water partition coefficient (Wildman–Crippen LogP) is 2.79. The van der Waals surface area contributed by atoms with Crippen LogP contribution in [0.25, 0.3) is 10.8 Å². The van der Waals surface area contributed by atoms with Crippen LogP contribution in [-0.2, 0) is 69.8 Å². The monoisotopic (exact) mass is 884 g/mol. The Bertz CT molecular complexity index is 2790. The zero-order chi connectivity index (χ0) is 41.1. The van der Waals surface area contributed by atoms with Crippen LogP contribution in [0.5, 0.6) is 5.75 Å². The Kier molecular flexibility index (Phi) is 12.9. The van der Waals surface area contributed by atoms with Gasteiger partial charge in [-0.25, -0.2) is 21.0 Å². The molecule has 0 spiro atoms. The molecule has 5 N–H and O–H groups in total.